The molecule has 3 fully saturated rings. The molecule has 2 bridgehead atoms. The first kappa shape index (κ1) is 35.1. The first-order valence-corrected chi connectivity index (χ1v) is 17.0. The van der Waals surface area contributed by atoms with E-state index in [9.17, 15) is 19.5 Å². The van der Waals surface area contributed by atoms with Gasteiger partial charge >= 0.3 is 0 Å². The molecule has 0 radical (unpaired) electrons. The predicted molar refractivity (Wildman–Crippen MR) is 182 cm³/mol. The minimum Gasteiger partial charge on any atom is -0.494 e. The molecule has 4 rings (SSSR count). The van der Waals surface area contributed by atoms with Crippen LogP contribution in [0, 0.1) is 17.3 Å². The number of hydrogen-bond acceptors (Lipinski definition) is 6. The van der Waals surface area contributed by atoms with Crippen molar-refractivity contribution < 1.29 is 24.2 Å². The van der Waals surface area contributed by atoms with E-state index in [1.54, 1.807) is 40.6 Å². The van der Waals surface area contributed by atoms with E-state index < -0.39 is 39.0 Å². The van der Waals surface area contributed by atoms with E-state index >= 15 is 0 Å². The Morgan fingerprint density at radius 3 is 2.27 bits per heavy atom. The smallest absolute Gasteiger partial charge is 0.247 e. The van der Waals surface area contributed by atoms with Gasteiger partial charge in [0.15, 0.2) is 0 Å². The van der Waals surface area contributed by atoms with Crippen molar-refractivity contribution in [3.8, 4) is 5.75 Å². The number of thioether (sulfide) groups is 1. The predicted octanol–water partition coefficient (Wildman–Crippen LogP) is 5.70. The number of likely N-dealkylation sites (tertiary alicyclic amines) is 1. The molecule has 3 amide bonds. The number of aliphatic hydroxyl groups is 1. The minimum atomic E-state index is -0.806. The summed E-state index contributed by atoms with van der Waals surface area (Å²) in [6, 6.07) is 6.01. The third-order valence-corrected chi connectivity index (χ3v) is 11.7. The highest BCUT2D eigenvalue weighted by Crippen LogP contribution is 2.72. The van der Waals surface area contributed by atoms with Gasteiger partial charge in [-0.3, -0.25) is 14.4 Å². The molecule has 0 aliphatic carbocycles. The molecule has 1 spiro atoms. The van der Waals surface area contributed by atoms with Crippen molar-refractivity contribution in [3.05, 3.63) is 49.6 Å². The molecule has 3 saturated heterocycles. The molecule has 0 aromatic heterocycles. The molecule has 9 heteroatoms. The van der Waals surface area contributed by atoms with E-state index in [-0.39, 0.29) is 36.3 Å². The molecular formula is C36H53N3O5S. The number of hydrogen-bond donors (Lipinski definition) is 1. The number of rotatable bonds is 13. The van der Waals surface area contributed by atoms with Gasteiger partial charge in [0.2, 0.25) is 17.7 Å². The van der Waals surface area contributed by atoms with Crippen LogP contribution < -0.4 is 9.64 Å². The Morgan fingerprint density at radius 1 is 1.11 bits per heavy atom. The zero-order valence-corrected chi connectivity index (χ0v) is 29.3. The zero-order valence-electron chi connectivity index (χ0n) is 28.5. The van der Waals surface area contributed by atoms with Crippen LogP contribution in [0.25, 0.3) is 0 Å². The number of amides is 3. The lowest BCUT2D eigenvalue weighted by Crippen LogP contribution is -2.61. The summed E-state index contributed by atoms with van der Waals surface area (Å²) in [5.74, 6) is -1.12. The molecule has 1 N–H and O–H groups in total. The lowest BCUT2D eigenvalue weighted by molar-refractivity contribution is -0.149. The number of carbonyl (C=O) groups is 3. The number of fused-ring (bicyclic) bond motifs is 1. The van der Waals surface area contributed by atoms with Gasteiger partial charge in [-0.25, -0.2) is 0 Å². The summed E-state index contributed by atoms with van der Waals surface area (Å²) in [6.07, 6.45) is 5.54. The Labute approximate surface area is 274 Å². The van der Waals surface area contributed by atoms with Crippen molar-refractivity contribution in [1.29, 1.82) is 0 Å². The van der Waals surface area contributed by atoms with Crippen LogP contribution in [0.5, 0.6) is 5.75 Å². The van der Waals surface area contributed by atoms with E-state index in [1.807, 2.05) is 36.1 Å². The fourth-order valence-corrected chi connectivity index (χ4v) is 10.7. The fraction of sp³-hybridized carbons (Fsp3) is 0.639. The van der Waals surface area contributed by atoms with Gasteiger partial charge in [-0.2, -0.15) is 0 Å². The van der Waals surface area contributed by atoms with Crippen LogP contribution in [0.1, 0.15) is 74.7 Å². The highest BCUT2D eigenvalue weighted by molar-refractivity contribution is 8.02. The van der Waals surface area contributed by atoms with E-state index in [4.69, 9.17) is 4.74 Å². The van der Waals surface area contributed by atoms with Crippen LogP contribution in [0.2, 0.25) is 0 Å². The summed E-state index contributed by atoms with van der Waals surface area (Å²) in [7, 11) is 0. The molecule has 45 heavy (non-hydrogen) atoms. The lowest BCUT2D eigenvalue weighted by Gasteiger charge is -2.46. The number of ether oxygens (including phenoxy) is 1. The second-order valence-electron chi connectivity index (χ2n) is 15.0. The van der Waals surface area contributed by atoms with Crippen LogP contribution in [-0.4, -0.2) is 86.0 Å². The third-order valence-electron chi connectivity index (χ3n) is 9.76. The van der Waals surface area contributed by atoms with Crippen molar-refractivity contribution in [1.82, 2.24) is 9.80 Å². The average molecular weight is 640 g/mol. The highest BCUT2D eigenvalue weighted by atomic mass is 32.2. The Bertz CT molecular complexity index is 1310. The van der Waals surface area contributed by atoms with Gasteiger partial charge in [0, 0.05) is 29.1 Å². The molecule has 8 nitrogen and oxygen atoms in total. The number of benzene rings is 1. The average Bonchev–Trinajstić information content (AvgIpc) is 3.53. The van der Waals surface area contributed by atoms with Gasteiger partial charge in [0.25, 0.3) is 0 Å². The van der Waals surface area contributed by atoms with E-state index in [2.05, 4.69) is 54.7 Å². The van der Waals surface area contributed by atoms with Crippen molar-refractivity contribution >= 4 is 35.2 Å². The number of nitrogens with zero attached hydrogens (tertiary/aromatic N) is 3. The van der Waals surface area contributed by atoms with Crippen LogP contribution in [0.3, 0.4) is 0 Å². The summed E-state index contributed by atoms with van der Waals surface area (Å²) in [4.78, 5) is 49.5. The van der Waals surface area contributed by atoms with Gasteiger partial charge in [-0.05, 0) is 83.6 Å². The number of anilines is 1. The maximum atomic E-state index is 15.0. The van der Waals surface area contributed by atoms with Gasteiger partial charge in [-0.15, -0.1) is 24.9 Å². The molecule has 3 heterocycles. The van der Waals surface area contributed by atoms with Crippen LogP contribution in [-0.2, 0) is 14.4 Å². The number of aliphatic hydroxyl groups excluding tert-OH is 1. The van der Waals surface area contributed by atoms with Gasteiger partial charge in [-0.1, -0.05) is 32.9 Å². The summed E-state index contributed by atoms with van der Waals surface area (Å²) >= 11 is 1.65. The second-order valence-corrected chi connectivity index (χ2v) is 16.9. The first-order chi connectivity index (χ1) is 21.0. The SMILES string of the molecule is C=CCN(C(=O)[C@H]1[C@H]2C(=O)N([C@H](C)CO)C(C(=O)N(CC=C)C(C)(C)CC(C)(C)C)C23CC[C@]1(C)S3)c1ccc(OCC)cc1. The van der Waals surface area contributed by atoms with Gasteiger partial charge < -0.3 is 24.5 Å². The van der Waals surface area contributed by atoms with Crippen LogP contribution >= 0.6 is 11.8 Å². The Kier molecular flexibility index (Phi) is 9.97. The largest absolute Gasteiger partial charge is 0.494 e. The molecule has 6 atom stereocenters. The molecular weight excluding hydrogens is 586 g/mol. The molecule has 248 valence electrons. The summed E-state index contributed by atoms with van der Waals surface area (Å²) in [5, 5.41) is 10.4. The summed E-state index contributed by atoms with van der Waals surface area (Å²) < 4.78 is 4.30. The monoisotopic (exact) mass is 639 g/mol. The Hall–Kier alpha value is -2.78. The second kappa shape index (κ2) is 12.8. The maximum Gasteiger partial charge on any atom is 0.247 e. The first-order valence-electron chi connectivity index (χ1n) is 16.2. The third kappa shape index (κ3) is 6.19. The fourth-order valence-electron chi connectivity index (χ4n) is 8.40. The summed E-state index contributed by atoms with van der Waals surface area (Å²) in [6.45, 7) is 25.2. The van der Waals surface area contributed by atoms with Crippen molar-refractivity contribution in [2.75, 3.05) is 31.2 Å². The molecule has 0 saturated carbocycles. The molecule has 1 aromatic rings. The van der Waals surface area contributed by atoms with Crippen molar-refractivity contribution in [2.24, 2.45) is 17.3 Å². The van der Waals surface area contributed by atoms with Gasteiger partial charge in [0.05, 0.1) is 35.8 Å². The maximum absolute atomic E-state index is 15.0. The topological polar surface area (TPSA) is 90.4 Å². The molecule has 2 unspecified atom stereocenters. The normalized spacial score (nSPS) is 28.1. The Balaban J connectivity index is 1.80. The molecule has 3 aliphatic rings. The van der Waals surface area contributed by atoms with Crippen LogP contribution in [0.15, 0.2) is 49.6 Å². The summed E-state index contributed by atoms with van der Waals surface area (Å²) in [5.41, 5.74) is 0.132. The minimum absolute atomic E-state index is 0.0470. The molecule has 1 aromatic carbocycles. The Morgan fingerprint density at radius 2 is 1.73 bits per heavy atom. The van der Waals surface area contributed by atoms with Gasteiger partial charge in [0.1, 0.15) is 11.8 Å². The zero-order chi connectivity index (χ0) is 33.5. The van der Waals surface area contributed by atoms with E-state index in [0.29, 0.717) is 37.4 Å². The van der Waals surface area contributed by atoms with Crippen LogP contribution in [0.4, 0.5) is 5.69 Å². The molecule has 3 aliphatic heterocycles. The quantitative estimate of drug-likeness (QED) is 0.279. The number of carbonyl (C=O) groups excluding carboxylic acids is 3. The van der Waals surface area contributed by atoms with Crippen molar-refractivity contribution in [3.63, 3.8) is 0 Å². The van der Waals surface area contributed by atoms with E-state index in [1.165, 1.54) is 0 Å². The lowest BCUT2D eigenvalue weighted by atomic mass is 9.66. The highest BCUT2D eigenvalue weighted by Gasteiger charge is 2.78. The van der Waals surface area contributed by atoms with Crippen molar-refractivity contribution in [2.45, 2.75) is 102 Å². The van der Waals surface area contributed by atoms with E-state index in [0.717, 1.165) is 6.42 Å². The standard InChI is InChI=1S/C36H53N3O5S/c1-11-20-37(25-14-16-26(17-15-25)44-13-3)30(41)27-28-31(42)39(24(4)22-40)29(36(28)19-18-35(27,10)45-36)32(43)38(21-12-2)34(8,9)23-33(5,6)7/h11-12,14-17,24,27-29,40H,1-2,13,18-23H2,3-10H3/t24-,27-,28+,29?,35+,36?/m1/s1.